The lowest BCUT2D eigenvalue weighted by atomic mass is 9.65. The van der Waals surface area contributed by atoms with E-state index in [0.29, 0.717) is 54.8 Å². The molecule has 0 bridgehead atoms. The van der Waals surface area contributed by atoms with Gasteiger partial charge in [-0.3, -0.25) is 19.6 Å². The monoisotopic (exact) mass is 816 g/mol. The second-order valence-corrected chi connectivity index (χ2v) is 16.5. The molecule has 1 aliphatic carbocycles. The van der Waals surface area contributed by atoms with E-state index >= 15 is 0 Å². The number of carboxylic acid groups (broad SMARTS) is 1. The molecule has 7 rings (SSSR count). The van der Waals surface area contributed by atoms with Crippen molar-refractivity contribution >= 4 is 23.1 Å². The molecule has 2 fully saturated rings. The molecular weight excluding hydrogens is 764 g/mol. The first-order valence-electron chi connectivity index (χ1n) is 20.5. The molecule has 0 radical (unpaired) electrons. The Morgan fingerprint density at radius 2 is 1.81 bits per heavy atom. The lowest BCUT2D eigenvalue weighted by Gasteiger charge is -2.47. The molecule has 1 aromatic heterocycles. The summed E-state index contributed by atoms with van der Waals surface area (Å²) in [6, 6.07) is 27.6. The summed E-state index contributed by atoms with van der Waals surface area (Å²) in [6.07, 6.45) is 12.7. The first-order valence-corrected chi connectivity index (χ1v) is 20.9. The van der Waals surface area contributed by atoms with Crippen molar-refractivity contribution in [2.75, 3.05) is 46.0 Å². The highest BCUT2D eigenvalue weighted by atomic mass is 35.5. The van der Waals surface area contributed by atoms with Gasteiger partial charge in [-0.1, -0.05) is 105 Å². The summed E-state index contributed by atoms with van der Waals surface area (Å²) in [5.41, 5.74) is 3.95. The number of aliphatic carboxylic acids is 1. The van der Waals surface area contributed by atoms with Crippen LogP contribution in [-0.4, -0.2) is 83.5 Å². The molecule has 59 heavy (non-hydrogen) atoms. The minimum Gasteiger partial charge on any atom is -0.488 e. The third kappa shape index (κ3) is 10.1. The number of pyridine rings is 1. The number of nitriles is 1. The van der Waals surface area contributed by atoms with E-state index in [9.17, 15) is 15.2 Å². The van der Waals surface area contributed by atoms with E-state index in [1.807, 2.05) is 35.2 Å². The molecule has 1 N–H and O–H groups in total. The zero-order valence-corrected chi connectivity index (χ0v) is 34.7. The Morgan fingerprint density at radius 3 is 2.59 bits per heavy atom. The molecule has 2 unspecified atom stereocenters. The number of aromatic nitrogens is 1. The van der Waals surface area contributed by atoms with Crippen LogP contribution in [0.4, 0.5) is 0 Å². The van der Waals surface area contributed by atoms with Gasteiger partial charge in [-0.2, -0.15) is 5.26 Å². The van der Waals surface area contributed by atoms with Crippen molar-refractivity contribution < 1.29 is 28.8 Å². The van der Waals surface area contributed by atoms with Gasteiger partial charge in [-0.25, -0.2) is 0 Å². The Hall–Kier alpha value is -5.02. The maximum atomic E-state index is 12.2. The number of likely N-dealkylation sites (tertiary alicyclic amines) is 1. The van der Waals surface area contributed by atoms with Gasteiger partial charge in [-0.05, 0) is 60.7 Å². The van der Waals surface area contributed by atoms with E-state index in [1.165, 1.54) is 11.8 Å². The lowest BCUT2D eigenvalue weighted by Crippen LogP contribution is -2.52. The largest absolute Gasteiger partial charge is 0.488 e. The van der Waals surface area contributed by atoms with Crippen LogP contribution in [0.3, 0.4) is 0 Å². The first-order chi connectivity index (χ1) is 28.7. The van der Waals surface area contributed by atoms with E-state index < -0.39 is 23.0 Å². The normalized spacial score (nSPS) is 22.0. The van der Waals surface area contributed by atoms with Gasteiger partial charge in [0.2, 0.25) is 0 Å². The topological polar surface area (TPSA) is 117 Å². The van der Waals surface area contributed by atoms with Crippen molar-refractivity contribution in [1.29, 1.82) is 5.26 Å². The Kier molecular flexibility index (Phi) is 13.8. The third-order valence-electron chi connectivity index (χ3n) is 11.9. The van der Waals surface area contributed by atoms with Crippen molar-refractivity contribution in [3.8, 4) is 17.6 Å². The summed E-state index contributed by atoms with van der Waals surface area (Å²) < 4.78 is 26.3. The van der Waals surface area contributed by atoms with Crippen molar-refractivity contribution in [2.24, 2.45) is 5.41 Å². The van der Waals surface area contributed by atoms with Gasteiger partial charge in [0.25, 0.3) is 0 Å². The molecule has 0 saturated carbocycles. The van der Waals surface area contributed by atoms with Gasteiger partial charge < -0.3 is 24.1 Å². The summed E-state index contributed by atoms with van der Waals surface area (Å²) in [4.78, 5) is 20.8. The number of hydrogen-bond acceptors (Lipinski definition) is 9. The number of piperidine rings is 1. The van der Waals surface area contributed by atoms with E-state index in [0.717, 1.165) is 61.2 Å². The Bertz CT molecular complexity index is 2160. The summed E-state index contributed by atoms with van der Waals surface area (Å²) in [5.74, 6) is 0.0985. The van der Waals surface area contributed by atoms with Crippen molar-refractivity contribution in [3.05, 3.63) is 142 Å². The third-order valence-corrected chi connectivity index (χ3v) is 12.2. The van der Waals surface area contributed by atoms with Crippen LogP contribution in [0.2, 0.25) is 5.02 Å². The van der Waals surface area contributed by atoms with Crippen LogP contribution in [0.25, 0.3) is 5.57 Å². The fourth-order valence-electron chi connectivity index (χ4n) is 8.43. The van der Waals surface area contributed by atoms with Crippen LogP contribution in [-0.2, 0) is 27.4 Å². The maximum absolute atomic E-state index is 12.2. The highest BCUT2D eigenvalue weighted by Crippen LogP contribution is 2.49. The maximum Gasteiger partial charge on any atom is 0.320 e. The van der Waals surface area contributed by atoms with Crippen LogP contribution in [0, 0.1) is 16.7 Å². The molecule has 2 aliphatic heterocycles. The lowest BCUT2D eigenvalue weighted by molar-refractivity contribution is -0.144. The summed E-state index contributed by atoms with van der Waals surface area (Å²) in [5, 5.41) is 19.9. The quantitative estimate of drug-likeness (QED) is 0.110. The molecule has 0 spiro atoms. The Morgan fingerprint density at radius 1 is 1.02 bits per heavy atom. The summed E-state index contributed by atoms with van der Waals surface area (Å²) >= 11 is 7.05. The molecule has 0 amide bonds. The average Bonchev–Trinajstić information content (AvgIpc) is 3.26. The average molecular weight is 817 g/mol. The molecular formula is C48H53ClN4O6. The molecule has 4 aromatic rings. The fraction of sp³-hybridized carbons (Fsp3) is 0.396. The molecule has 2 saturated heterocycles. The van der Waals surface area contributed by atoms with E-state index in [4.69, 9.17) is 30.5 Å². The number of ether oxygens (including phenoxy) is 4. The number of morpholine rings is 1. The molecule has 11 heteroatoms. The van der Waals surface area contributed by atoms with Crippen LogP contribution in [0.15, 0.2) is 109 Å². The van der Waals surface area contributed by atoms with Gasteiger partial charge in [0.15, 0.2) is 0 Å². The number of carbonyl (C=O) groups is 1. The van der Waals surface area contributed by atoms with Gasteiger partial charge in [0, 0.05) is 67.8 Å². The molecule has 3 aliphatic rings. The predicted molar refractivity (Wildman–Crippen MR) is 228 cm³/mol. The highest BCUT2D eigenvalue weighted by Gasteiger charge is 2.49. The van der Waals surface area contributed by atoms with Crippen molar-refractivity contribution in [1.82, 2.24) is 14.8 Å². The predicted octanol–water partition coefficient (Wildman–Crippen LogP) is 8.90. The van der Waals surface area contributed by atoms with Crippen LogP contribution in [0.5, 0.6) is 11.5 Å². The van der Waals surface area contributed by atoms with E-state index in [-0.39, 0.29) is 19.3 Å². The van der Waals surface area contributed by atoms with Crippen LogP contribution in [0.1, 0.15) is 73.5 Å². The smallest absolute Gasteiger partial charge is 0.320 e. The molecule has 3 atom stereocenters. The number of benzene rings is 3. The number of hydrogen-bond donors (Lipinski definition) is 1. The molecule has 3 heterocycles. The second kappa shape index (κ2) is 19.4. The number of halogens is 1. The van der Waals surface area contributed by atoms with Crippen molar-refractivity contribution in [3.63, 3.8) is 0 Å². The summed E-state index contributed by atoms with van der Waals surface area (Å²) in [6.45, 7) is 9.46. The molecule has 10 nitrogen and oxygen atoms in total. The SMILES string of the molecule is CC1(C)C(c2ccccc2)=CC=CC1(COc1cc(OCc2cncc(C#N)c2)c(CN2CCCC[C@H]2C(=O)O)cc1Cl)OCCCN1CCOC(c2ccccc2)C1. The Labute approximate surface area is 352 Å². The molecule has 3 aromatic carbocycles. The first kappa shape index (κ1) is 42.1. The van der Waals surface area contributed by atoms with Gasteiger partial charge in [0.1, 0.15) is 42.4 Å². The highest BCUT2D eigenvalue weighted by molar-refractivity contribution is 6.32. The number of rotatable bonds is 16. The molecule has 308 valence electrons. The van der Waals surface area contributed by atoms with Gasteiger partial charge in [0.05, 0.1) is 23.3 Å². The number of nitrogens with zero attached hydrogens (tertiary/aromatic N) is 4. The zero-order valence-electron chi connectivity index (χ0n) is 33.9. The van der Waals surface area contributed by atoms with E-state index in [2.05, 4.69) is 84.4 Å². The number of carboxylic acids is 1. The standard InChI is InChI=1S/C48H53ClN4O6/c1-47(2)40(37-13-5-3-6-14-37)17-11-19-48(47,59-23-12-20-52-22-24-56-45(32-52)38-15-7-4-8-16-38)34-58-44-27-43(57-33-36-25-35(28-50)29-51-30-36)39(26-41(44)49)31-53-21-10-9-18-42(53)46(54)55/h3-8,11,13-17,19,25-27,29-30,42,45H,9-10,12,18,20-24,31-34H2,1-2H3,(H,54,55)/t42-,45?,48?/m0/s1. The number of allylic oxidation sites excluding steroid dienone is 2. The Balaban J connectivity index is 1.13. The minimum absolute atomic E-state index is 0.0484. The minimum atomic E-state index is -0.876. The van der Waals surface area contributed by atoms with Crippen LogP contribution >= 0.6 is 11.6 Å². The van der Waals surface area contributed by atoms with Gasteiger partial charge >= 0.3 is 5.97 Å². The summed E-state index contributed by atoms with van der Waals surface area (Å²) in [7, 11) is 0. The van der Waals surface area contributed by atoms with E-state index in [1.54, 1.807) is 18.3 Å². The second-order valence-electron chi connectivity index (χ2n) is 16.1. The fourth-order valence-corrected chi connectivity index (χ4v) is 8.67. The van der Waals surface area contributed by atoms with Crippen LogP contribution < -0.4 is 9.47 Å². The van der Waals surface area contributed by atoms with Gasteiger partial charge in [-0.15, -0.1) is 0 Å². The van der Waals surface area contributed by atoms with Crippen molar-refractivity contribution in [2.45, 2.75) is 70.4 Å². The zero-order chi connectivity index (χ0) is 41.2.